The summed E-state index contributed by atoms with van der Waals surface area (Å²) in [7, 11) is 2.03. The molecule has 0 saturated carbocycles. The van der Waals surface area contributed by atoms with Gasteiger partial charge in [0.2, 0.25) is 0 Å². The number of halogens is 1. The molecule has 0 aromatic heterocycles. The molecule has 0 bridgehead atoms. The van der Waals surface area contributed by atoms with E-state index in [0.717, 1.165) is 18.1 Å². The molecule has 1 aliphatic rings. The summed E-state index contributed by atoms with van der Waals surface area (Å²) in [6.45, 7) is 5.56. The maximum Gasteiger partial charge on any atom is 0.0453 e. The van der Waals surface area contributed by atoms with Crippen LogP contribution in [0.4, 0.5) is 0 Å². The van der Waals surface area contributed by atoms with Gasteiger partial charge in [-0.15, -0.1) is 0 Å². The maximum atomic E-state index is 6.34. The van der Waals surface area contributed by atoms with Crippen molar-refractivity contribution in [3.05, 3.63) is 34.9 Å². The van der Waals surface area contributed by atoms with Crippen LogP contribution in [0.5, 0.6) is 0 Å². The Morgan fingerprint density at radius 2 is 2.18 bits per heavy atom. The second kappa shape index (κ2) is 5.85. The fraction of sp³-hybridized carbons (Fsp3) is 0.571. The van der Waals surface area contributed by atoms with Gasteiger partial charge in [-0.05, 0) is 50.7 Å². The standard InChI is InChI=1S/C14H21ClN2/c1-3-17-9-8-11(10-16-2)14(17)12-6-4-5-7-13(12)15/h4-7,11,14,16H,3,8-10H2,1-2H3. The van der Waals surface area contributed by atoms with Crippen LogP contribution in [0.3, 0.4) is 0 Å². The average Bonchev–Trinajstić information content (AvgIpc) is 2.73. The molecule has 94 valence electrons. The molecular weight excluding hydrogens is 232 g/mol. The maximum absolute atomic E-state index is 6.34. The Hall–Kier alpha value is -0.570. The molecule has 17 heavy (non-hydrogen) atoms. The molecule has 0 spiro atoms. The van der Waals surface area contributed by atoms with Crippen LogP contribution in [-0.2, 0) is 0 Å². The van der Waals surface area contributed by atoms with Crippen molar-refractivity contribution >= 4 is 11.6 Å². The number of nitrogens with one attached hydrogen (secondary N) is 1. The molecule has 1 aromatic carbocycles. The molecule has 2 unspecified atom stereocenters. The number of likely N-dealkylation sites (tertiary alicyclic amines) is 1. The molecule has 0 aliphatic carbocycles. The lowest BCUT2D eigenvalue weighted by atomic mass is 9.93. The molecule has 1 aliphatic heterocycles. The van der Waals surface area contributed by atoms with E-state index in [1.165, 1.54) is 18.5 Å². The van der Waals surface area contributed by atoms with Gasteiger partial charge >= 0.3 is 0 Å². The highest BCUT2D eigenvalue weighted by atomic mass is 35.5. The first-order chi connectivity index (χ1) is 8.27. The first-order valence-corrected chi connectivity index (χ1v) is 6.78. The zero-order valence-corrected chi connectivity index (χ0v) is 11.4. The van der Waals surface area contributed by atoms with Gasteiger partial charge in [0.25, 0.3) is 0 Å². The van der Waals surface area contributed by atoms with E-state index in [-0.39, 0.29) is 0 Å². The minimum atomic E-state index is 0.473. The van der Waals surface area contributed by atoms with Crippen molar-refractivity contribution in [3.63, 3.8) is 0 Å². The van der Waals surface area contributed by atoms with Crippen molar-refractivity contribution in [1.29, 1.82) is 0 Å². The summed E-state index contributed by atoms with van der Waals surface area (Å²) in [4.78, 5) is 2.53. The van der Waals surface area contributed by atoms with Crippen molar-refractivity contribution in [1.82, 2.24) is 10.2 Å². The number of benzene rings is 1. The summed E-state index contributed by atoms with van der Waals surface area (Å²) < 4.78 is 0. The van der Waals surface area contributed by atoms with Crippen LogP contribution in [0.1, 0.15) is 24.9 Å². The molecule has 2 atom stereocenters. The smallest absolute Gasteiger partial charge is 0.0453 e. The number of rotatable bonds is 4. The third kappa shape index (κ3) is 2.65. The van der Waals surface area contributed by atoms with E-state index < -0.39 is 0 Å². The first-order valence-electron chi connectivity index (χ1n) is 6.41. The molecule has 1 heterocycles. The van der Waals surface area contributed by atoms with Gasteiger partial charge in [-0.25, -0.2) is 0 Å². The van der Waals surface area contributed by atoms with Crippen molar-refractivity contribution in [2.24, 2.45) is 5.92 Å². The van der Waals surface area contributed by atoms with Crippen molar-refractivity contribution in [2.45, 2.75) is 19.4 Å². The van der Waals surface area contributed by atoms with Gasteiger partial charge < -0.3 is 5.32 Å². The third-order valence-corrected chi connectivity index (χ3v) is 4.07. The van der Waals surface area contributed by atoms with Gasteiger partial charge in [-0.3, -0.25) is 4.90 Å². The van der Waals surface area contributed by atoms with Crippen LogP contribution < -0.4 is 5.32 Å². The van der Waals surface area contributed by atoms with Crippen molar-refractivity contribution in [3.8, 4) is 0 Å². The Morgan fingerprint density at radius 1 is 1.41 bits per heavy atom. The zero-order valence-electron chi connectivity index (χ0n) is 10.6. The van der Waals surface area contributed by atoms with E-state index >= 15 is 0 Å². The fourth-order valence-electron chi connectivity index (χ4n) is 2.92. The van der Waals surface area contributed by atoms with Crippen molar-refractivity contribution < 1.29 is 0 Å². The van der Waals surface area contributed by atoms with Crippen molar-refractivity contribution in [2.75, 3.05) is 26.7 Å². The molecule has 3 heteroatoms. The van der Waals surface area contributed by atoms with Gasteiger partial charge in [0.15, 0.2) is 0 Å². The highest BCUT2D eigenvalue weighted by Gasteiger charge is 2.34. The minimum absolute atomic E-state index is 0.473. The number of hydrogen-bond acceptors (Lipinski definition) is 2. The zero-order chi connectivity index (χ0) is 12.3. The van der Waals surface area contributed by atoms with Gasteiger partial charge in [0, 0.05) is 11.1 Å². The van der Waals surface area contributed by atoms with Gasteiger partial charge in [-0.1, -0.05) is 36.7 Å². The van der Waals surface area contributed by atoms with Crippen LogP contribution in [0.2, 0.25) is 5.02 Å². The molecule has 1 fully saturated rings. The van der Waals surface area contributed by atoms with E-state index in [9.17, 15) is 0 Å². The van der Waals surface area contributed by atoms with Crippen LogP contribution in [0.15, 0.2) is 24.3 Å². The SMILES string of the molecule is CCN1CCC(CNC)C1c1ccccc1Cl. The fourth-order valence-corrected chi connectivity index (χ4v) is 3.17. The van der Waals surface area contributed by atoms with Crippen LogP contribution >= 0.6 is 11.6 Å². The van der Waals surface area contributed by atoms with Crippen LogP contribution in [-0.4, -0.2) is 31.6 Å². The minimum Gasteiger partial charge on any atom is -0.319 e. The Bertz CT molecular complexity index is 367. The third-order valence-electron chi connectivity index (χ3n) is 3.72. The highest BCUT2D eigenvalue weighted by Crippen LogP contribution is 2.39. The topological polar surface area (TPSA) is 15.3 Å². The first kappa shape index (κ1) is 12.9. The predicted molar refractivity (Wildman–Crippen MR) is 73.5 cm³/mol. The lowest BCUT2D eigenvalue weighted by Gasteiger charge is -2.28. The van der Waals surface area contributed by atoms with Crippen LogP contribution in [0.25, 0.3) is 0 Å². The summed E-state index contributed by atoms with van der Waals surface area (Å²) in [6.07, 6.45) is 1.25. The Balaban J connectivity index is 2.28. The van der Waals surface area contributed by atoms with Gasteiger partial charge in [-0.2, -0.15) is 0 Å². The quantitative estimate of drug-likeness (QED) is 0.887. The monoisotopic (exact) mass is 252 g/mol. The summed E-state index contributed by atoms with van der Waals surface area (Å²) in [5.74, 6) is 0.667. The molecule has 2 nitrogen and oxygen atoms in total. The molecule has 1 aromatic rings. The second-order valence-corrected chi connectivity index (χ2v) is 5.11. The number of hydrogen-bond donors (Lipinski definition) is 1. The molecule has 2 rings (SSSR count). The van der Waals surface area contributed by atoms with Gasteiger partial charge in [0.1, 0.15) is 0 Å². The van der Waals surface area contributed by atoms with E-state index in [4.69, 9.17) is 11.6 Å². The lowest BCUT2D eigenvalue weighted by molar-refractivity contribution is 0.238. The molecule has 0 radical (unpaired) electrons. The summed E-state index contributed by atoms with van der Waals surface area (Å²) in [6, 6.07) is 8.73. The van der Waals surface area contributed by atoms with E-state index in [1.54, 1.807) is 0 Å². The summed E-state index contributed by atoms with van der Waals surface area (Å²) in [5, 5.41) is 4.21. The molecule has 1 N–H and O–H groups in total. The lowest BCUT2D eigenvalue weighted by Crippen LogP contribution is -2.29. The largest absolute Gasteiger partial charge is 0.319 e. The molecule has 1 saturated heterocycles. The highest BCUT2D eigenvalue weighted by molar-refractivity contribution is 6.31. The van der Waals surface area contributed by atoms with E-state index in [0.29, 0.717) is 12.0 Å². The predicted octanol–water partition coefficient (Wildman–Crippen LogP) is 2.94. The summed E-state index contributed by atoms with van der Waals surface area (Å²) in [5.41, 5.74) is 1.29. The molecule has 0 amide bonds. The normalized spacial score (nSPS) is 25.4. The van der Waals surface area contributed by atoms with E-state index in [1.807, 2.05) is 19.2 Å². The Labute approximate surface area is 109 Å². The Kier molecular flexibility index (Phi) is 4.43. The molecular formula is C14H21ClN2. The van der Waals surface area contributed by atoms with E-state index in [2.05, 4.69) is 29.3 Å². The number of nitrogens with zero attached hydrogens (tertiary/aromatic N) is 1. The summed E-state index contributed by atoms with van der Waals surface area (Å²) >= 11 is 6.34. The average molecular weight is 253 g/mol. The second-order valence-electron chi connectivity index (χ2n) is 4.70. The van der Waals surface area contributed by atoms with Gasteiger partial charge in [0.05, 0.1) is 0 Å². The van der Waals surface area contributed by atoms with Crippen LogP contribution in [0, 0.1) is 5.92 Å². The Morgan fingerprint density at radius 3 is 2.82 bits per heavy atom.